The smallest absolute Gasteiger partial charge is 0.341 e. The number of aromatic nitrogens is 1. The molecule has 6 nitrogen and oxygen atoms in total. The second kappa shape index (κ2) is 5.92. The predicted molar refractivity (Wildman–Crippen MR) is 73.5 cm³/mol. The van der Waals surface area contributed by atoms with Crippen molar-refractivity contribution in [3.05, 3.63) is 42.2 Å². The van der Waals surface area contributed by atoms with E-state index in [0.29, 0.717) is 22.7 Å². The molecule has 0 saturated heterocycles. The number of hydrogen-bond donors (Lipinski definition) is 2. The highest BCUT2D eigenvalue weighted by molar-refractivity contribution is 5.96. The molecule has 0 aliphatic carbocycles. The van der Waals surface area contributed by atoms with Gasteiger partial charge in [0, 0.05) is 24.1 Å². The first-order valence-corrected chi connectivity index (χ1v) is 5.82. The first-order chi connectivity index (χ1) is 9.65. The number of benzene rings is 1. The van der Waals surface area contributed by atoms with Gasteiger partial charge >= 0.3 is 5.97 Å². The van der Waals surface area contributed by atoms with Gasteiger partial charge in [-0.05, 0) is 18.2 Å². The minimum Gasteiger partial charge on any atom is -0.504 e. The molecule has 0 saturated carbocycles. The third-order valence-corrected chi connectivity index (χ3v) is 2.68. The highest BCUT2D eigenvalue weighted by Gasteiger charge is 2.12. The van der Waals surface area contributed by atoms with E-state index in [1.54, 1.807) is 24.4 Å². The Kier molecular flexibility index (Phi) is 4.05. The highest BCUT2D eigenvalue weighted by Crippen LogP contribution is 2.30. The van der Waals surface area contributed by atoms with Crippen LogP contribution < -0.4 is 10.1 Å². The van der Waals surface area contributed by atoms with Crippen LogP contribution in [0, 0.1) is 0 Å². The molecule has 0 aliphatic heterocycles. The normalized spacial score (nSPS) is 9.90. The first kappa shape index (κ1) is 13.7. The molecule has 0 aliphatic rings. The van der Waals surface area contributed by atoms with Gasteiger partial charge in [-0.25, -0.2) is 4.79 Å². The van der Waals surface area contributed by atoms with Crippen LogP contribution in [-0.4, -0.2) is 30.3 Å². The molecule has 2 N–H and O–H groups in total. The van der Waals surface area contributed by atoms with E-state index >= 15 is 0 Å². The number of carbonyl (C=O) groups is 1. The fraction of sp³-hybridized carbons (Fsp3) is 0.143. The quantitative estimate of drug-likeness (QED) is 0.833. The number of methoxy groups -OCH3 is 2. The molecule has 0 spiro atoms. The van der Waals surface area contributed by atoms with Gasteiger partial charge in [0.2, 0.25) is 0 Å². The molecule has 0 bridgehead atoms. The lowest BCUT2D eigenvalue weighted by Gasteiger charge is -2.11. The predicted octanol–water partition coefficient (Wildman–Crippen LogP) is 2.33. The Morgan fingerprint density at radius 2 is 2.10 bits per heavy atom. The van der Waals surface area contributed by atoms with E-state index < -0.39 is 5.97 Å². The monoisotopic (exact) mass is 274 g/mol. The Bertz CT molecular complexity index is 628. The number of hydrogen-bond acceptors (Lipinski definition) is 6. The van der Waals surface area contributed by atoms with Crippen molar-refractivity contribution in [2.24, 2.45) is 0 Å². The van der Waals surface area contributed by atoms with Gasteiger partial charge < -0.3 is 19.9 Å². The van der Waals surface area contributed by atoms with E-state index in [2.05, 4.69) is 15.0 Å². The number of rotatable bonds is 4. The molecule has 20 heavy (non-hydrogen) atoms. The first-order valence-electron chi connectivity index (χ1n) is 5.82. The zero-order chi connectivity index (χ0) is 14.5. The van der Waals surface area contributed by atoms with Crippen LogP contribution in [0.1, 0.15) is 10.4 Å². The largest absolute Gasteiger partial charge is 0.504 e. The number of anilines is 2. The number of nitrogens with one attached hydrogen (secondary N) is 1. The fourth-order valence-corrected chi connectivity index (χ4v) is 1.70. The topological polar surface area (TPSA) is 80.7 Å². The van der Waals surface area contributed by atoms with Gasteiger partial charge in [0.15, 0.2) is 11.5 Å². The zero-order valence-corrected chi connectivity index (χ0v) is 11.1. The number of esters is 1. The molecular weight excluding hydrogens is 260 g/mol. The second-order valence-corrected chi connectivity index (χ2v) is 3.92. The third-order valence-electron chi connectivity index (χ3n) is 2.68. The molecule has 2 aromatic rings. The number of carbonyl (C=O) groups excluding carboxylic acids is 1. The maximum absolute atomic E-state index is 11.6. The van der Waals surface area contributed by atoms with Crippen molar-refractivity contribution in [1.82, 2.24) is 4.98 Å². The molecule has 0 radical (unpaired) electrons. The fourth-order valence-electron chi connectivity index (χ4n) is 1.70. The molecule has 0 fully saturated rings. The average Bonchev–Trinajstić information content (AvgIpc) is 2.47. The van der Waals surface area contributed by atoms with Gasteiger partial charge in [0.1, 0.15) is 5.56 Å². The summed E-state index contributed by atoms with van der Waals surface area (Å²) in [5, 5.41) is 12.7. The van der Waals surface area contributed by atoms with Crippen LogP contribution in [0.15, 0.2) is 36.7 Å². The van der Waals surface area contributed by atoms with Crippen LogP contribution in [0.3, 0.4) is 0 Å². The van der Waals surface area contributed by atoms with E-state index in [4.69, 9.17) is 4.74 Å². The SMILES string of the molecule is COC(=O)c1cnccc1Nc1ccc(OC)c(O)c1. The molecule has 1 aromatic heterocycles. The van der Waals surface area contributed by atoms with Crippen LogP contribution in [0.4, 0.5) is 11.4 Å². The number of pyridine rings is 1. The molecule has 0 amide bonds. The molecule has 2 rings (SSSR count). The van der Waals surface area contributed by atoms with Crippen LogP contribution in [0.2, 0.25) is 0 Å². The summed E-state index contributed by atoms with van der Waals surface area (Å²) in [5.74, 6) is -0.108. The summed E-state index contributed by atoms with van der Waals surface area (Å²) >= 11 is 0. The van der Waals surface area contributed by atoms with Crippen molar-refractivity contribution in [3.63, 3.8) is 0 Å². The number of aromatic hydroxyl groups is 1. The van der Waals surface area contributed by atoms with Crippen molar-refractivity contribution in [1.29, 1.82) is 0 Å². The van der Waals surface area contributed by atoms with E-state index in [0.717, 1.165) is 0 Å². The van der Waals surface area contributed by atoms with Crippen LogP contribution in [-0.2, 0) is 4.74 Å². The Morgan fingerprint density at radius 3 is 2.75 bits per heavy atom. The number of ether oxygens (including phenoxy) is 2. The Balaban J connectivity index is 2.30. The molecule has 0 atom stereocenters. The Labute approximate surface area is 116 Å². The minimum absolute atomic E-state index is 0.00572. The molecule has 1 aromatic carbocycles. The third kappa shape index (κ3) is 2.80. The van der Waals surface area contributed by atoms with Crippen molar-refractivity contribution in [2.75, 3.05) is 19.5 Å². The van der Waals surface area contributed by atoms with E-state index in [-0.39, 0.29) is 5.75 Å². The maximum Gasteiger partial charge on any atom is 0.341 e. The maximum atomic E-state index is 11.6. The highest BCUT2D eigenvalue weighted by atomic mass is 16.5. The van der Waals surface area contributed by atoms with E-state index in [1.807, 2.05) is 0 Å². The molecule has 104 valence electrons. The van der Waals surface area contributed by atoms with E-state index in [9.17, 15) is 9.90 Å². The summed E-state index contributed by atoms with van der Waals surface area (Å²) < 4.78 is 9.65. The van der Waals surface area contributed by atoms with Crippen molar-refractivity contribution in [3.8, 4) is 11.5 Å². The zero-order valence-electron chi connectivity index (χ0n) is 11.1. The standard InChI is InChI=1S/C14H14N2O4/c1-19-13-4-3-9(7-12(13)17)16-11-5-6-15-8-10(11)14(18)20-2/h3-8,17H,1-2H3,(H,15,16). The Hall–Kier alpha value is -2.76. The van der Waals surface area contributed by atoms with Crippen molar-refractivity contribution in [2.45, 2.75) is 0 Å². The van der Waals surface area contributed by atoms with Crippen molar-refractivity contribution < 1.29 is 19.4 Å². The van der Waals surface area contributed by atoms with Crippen LogP contribution >= 0.6 is 0 Å². The molecule has 6 heteroatoms. The summed E-state index contributed by atoms with van der Waals surface area (Å²) in [7, 11) is 2.78. The molecular formula is C14H14N2O4. The summed E-state index contributed by atoms with van der Waals surface area (Å²) in [6, 6.07) is 6.49. The summed E-state index contributed by atoms with van der Waals surface area (Å²) in [5.41, 5.74) is 1.46. The number of nitrogens with zero attached hydrogens (tertiary/aromatic N) is 1. The average molecular weight is 274 g/mol. The Morgan fingerprint density at radius 1 is 1.30 bits per heavy atom. The van der Waals surface area contributed by atoms with Gasteiger partial charge in [-0.3, -0.25) is 4.98 Å². The van der Waals surface area contributed by atoms with Gasteiger partial charge in [-0.1, -0.05) is 0 Å². The number of phenolic OH excluding ortho intramolecular Hbond substituents is 1. The van der Waals surface area contributed by atoms with Gasteiger partial charge in [0.25, 0.3) is 0 Å². The number of phenols is 1. The van der Waals surface area contributed by atoms with Gasteiger partial charge in [-0.2, -0.15) is 0 Å². The lowest BCUT2D eigenvalue weighted by atomic mass is 10.2. The summed E-state index contributed by atoms with van der Waals surface area (Å²) in [4.78, 5) is 15.5. The van der Waals surface area contributed by atoms with E-state index in [1.165, 1.54) is 26.5 Å². The van der Waals surface area contributed by atoms with Gasteiger partial charge in [0.05, 0.1) is 19.9 Å². The summed E-state index contributed by atoms with van der Waals surface area (Å²) in [6.07, 6.45) is 2.97. The lowest BCUT2D eigenvalue weighted by molar-refractivity contribution is 0.0601. The molecule has 1 heterocycles. The minimum atomic E-state index is -0.488. The second-order valence-electron chi connectivity index (χ2n) is 3.92. The lowest BCUT2D eigenvalue weighted by Crippen LogP contribution is -2.06. The van der Waals surface area contributed by atoms with Crippen LogP contribution in [0.25, 0.3) is 0 Å². The molecule has 0 unspecified atom stereocenters. The van der Waals surface area contributed by atoms with Crippen LogP contribution in [0.5, 0.6) is 11.5 Å². The van der Waals surface area contributed by atoms with Gasteiger partial charge in [-0.15, -0.1) is 0 Å². The summed E-state index contributed by atoms with van der Waals surface area (Å²) in [6.45, 7) is 0. The van der Waals surface area contributed by atoms with Crippen molar-refractivity contribution >= 4 is 17.3 Å².